The van der Waals surface area contributed by atoms with Gasteiger partial charge in [-0.3, -0.25) is 4.90 Å². The van der Waals surface area contributed by atoms with Gasteiger partial charge in [0.15, 0.2) is 0 Å². The number of likely N-dealkylation sites (tertiary alicyclic amines) is 1. The summed E-state index contributed by atoms with van der Waals surface area (Å²) in [5.41, 5.74) is 0.580. The highest BCUT2D eigenvalue weighted by molar-refractivity contribution is 5.00. The van der Waals surface area contributed by atoms with E-state index in [1.54, 1.807) is 0 Å². The summed E-state index contributed by atoms with van der Waals surface area (Å²) in [5.74, 6) is 1.36. The Hall–Kier alpha value is -0.0800. The Morgan fingerprint density at radius 3 is 1.94 bits per heavy atom. The summed E-state index contributed by atoms with van der Waals surface area (Å²) < 4.78 is 0. The van der Waals surface area contributed by atoms with E-state index in [4.69, 9.17) is 0 Å². The third-order valence-electron chi connectivity index (χ3n) is 4.91. The molecule has 2 heteroatoms. The van der Waals surface area contributed by atoms with Gasteiger partial charge in [-0.05, 0) is 63.8 Å². The van der Waals surface area contributed by atoms with Gasteiger partial charge in [0.2, 0.25) is 0 Å². The largest absolute Gasteiger partial charge is 0.393 e. The molecule has 2 nitrogen and oxygen atoms in total. The molecule has 1 saturated heterocycles. The van der Waals surface area contributed by atoms with E-state index in [-0.39, 0.29) is 11.6 Å². The zero-order chi connectivity index (χ0) is 13.7. The van der Waals surface area contributed by atoms with Crippen molar-refractivity contribution in [2.24, 2.45) is 17.3 Å². The Morgan fingerprint density at radius 2 is 1.56 bits per heavy atom. The van der Waals surface area contributed by atoms with Crippen LogP contribution in [-0.2, 0) is 0 Å². The third kappa shape index (κ3) is 2.91. The molecule has 2 rings (SSSR count). The van der Waals surface area contributed by atoms with Gasteiger partial charge in [0.25, 0.3) is 0 Å². The summed E-state index contributed by atoms with van der Waals surface area (Å²) in [6, 6.07) is 0.643. The van der Waals surface area contributed by atoms with Crippen LogP contribution in [0.4, 0.5) is 0 Å². The molecule has 18 heavy (non-hydrogen) atoms. The maximum absolute atomic E-state index is 9.68. The maximum Gasteiger partial charge on any atom is 0.0575 e. The Bertz CT molecular complexity index is 299. The number of nitrogens with zero attached hydrogens (tertiary/aromatic N) is 1. The van der Waals surface area contributed by atoms with E-state index >= 15 is 0 Å². The van der Waals surface area contributed by atoms with Crippen LogP contribution in [0, 0.1) is 17.3 Å². The van der Waals surface area contributed by atoms with Crippen molar-refractivity contribution in [3.05, 3.63) is 0 Å². The van der Waals surface area contributed by atoms with Gasteiger partial charge in [0, 0.05) is 11.6 Å². The van der Waals surface area contributed by atoms with Crippen molar-refractivity contribution in [3.63, 3.8) is 0 Å². The quantitative estimate of drug-likeness (QED) is 0.775. The summed E-state index contributed by atoms with van der Waals surface area (Å²) in [5, 5.41) is 9.68. The van der Waals surface area contributed by atoms with E-state index in [2.05, 4.69) is 46.4 Å². The maximum atomic E-state index is 9.68. The lowest BCUT2D eigenvalue weighted by molar-refractivity contribution is -0.0279. The first-order valence-electron chi connectivity index (χ1n) is 7.55. The van der Waals surface area contributed by atoms with Crippen LogP contribution in [0.5, 0.6) is 0 Å². The number of hydrogen-bond acceptors (Lipinski definition) is 2. The van der Waals surface area contributed by atoms with Crippen molar-refractivity contribution in [1.29, 1.82) is 0 Å². The SMILES string of the molecule is CC(C)(C)C1CC(C2CC2O)CCN1C(C)(C)C. The Kier molecular flexibility index (Phi) is 3.57. The van der Waals surface area contributed by atoms with Crippen LogP contribution in [0.2, 0.25) is 0 Å². The zero-order valence-electron chi connectivity index (χ0n) is 13.0. The summed E-state index contributed by atoms with van der Waals surface area (Å²) in [4.78, 5) is 2.69. The van der Waals surface area contributed by atoms with Crippen LogP contribution >= 0.6 is 0 Å². The van der Waals surface area contributed by atoms with Gasteiger partial charge < -0.3 is 5.11 Å². The smallest absolute Gasteiger partial charge is 0.0575 e. The molecule has 0 radical (unpaired) electrons. The van der Waals surface area contributed by atoms with E-state index in [1.807, 2.05) is 0 Å². The fraction of sp³-hybridized carbons (Fsp3) is 1.00. The van der Waals surface area contributed by atoms with Crippen molar-refractivity contribution >= 4 is 0 Å². The number of aliphatic hydroxyl groups is 1. The summed E-state index contributed by atoms with van der Waals surface area (Å²) >= 11 is 0. The molecule has 1 aliphatic heterocycles. The van der Waals surface area contributed by atoms with E-state index in [1.165, 1.54) is 19.4 Å². The van der Waals surface area contributed by atoms with Crippen molar-refractivity contribution < 1.29 is 5.11 Å². The molecule has 0 spiro atoms. The minimum atomic E-state index is 0.0109. The van der Waals surface area contributed by atoms with Crippen LogP contribution < -0.4 is 0 Å². The molecule has 0 bridgehead atoms. The molecule has 4 atom stereocenters. The Balaban J connectivity index is 2.11. The standard InChI is InChI=1S/C16H31NO/c1-15(2,3)14-9-11(12-10-13(12)18)7-8-17(14)16(4,5)6/h11-14,18H,7-10H2,1-6H3. The van der Waals surface area contributed by atoms with Crippen LogP contribution in [-0.4, -0.2) is 34.2 Å². The molecule has 0 aromatic carbocycles. The lowest BCUT2D eigenvalue weighted by Crippen LogP contribution is -2.57. The van der Waals surface area contributed by atoms with Gasteiger partial charge in [-0.1, -0.05) is 20.8 Å². The van der Waals surface area contributed by atoms with Gasteiger partial charge in [0.1, 0.15) is 0 Å². The molecule has 1 saturated carbocycles. The van der Waals surface area contributed by atoms with E-state index in [0.717, 1.165) is 12.3 Å². The minimum absolute atomic E-state index is 0.0109. The van der Waals surface area contributed by atoms with E-state index < -0.39 is 0 Å². The normalized spacial score (nSPS) is 38.8. The molecule has 1 aliphatic carbocycles. The van der Waals surface area contributed by atoms with Gasteiger partial charge in [-0.2, -0.15) is 0 Å². The monoisotopic (exact) mass is 253 g/mol. The molecular formula is C16H31NO. The van der Waals surface area contributed by atoms with Gasteiger partial charge in [0.05, 0.1) is 6.10 Å². The van der Waals surface area contributed by atoms with E-state index in [9.17, 15) is 5.11 Å². The highest BCUT2D eigenvalue weighted by Crippen LogP contribution is 2.47. The predicted octanol–water partition coefficient (Wildman–Crippen LogP) is 3.29. The molecule has 1 N–H and O–H groups in total. The molecule has 1 heterocycles. The molecular weight excluding hydrogens is 222 g/mol. The third-order valence-corrected chi connectivity index (χ3v) is 4.91. The minimum Gasteiger partial charge on any atom is -0.393 e. The van der Waals surface area contributed by atoms with Crippen LogP contribution in [0.15, 0.2) is 0 Å². The van der Waals surface area contributed by atoms with Crippen LogP contribution in [0.1, 0.15) is 60.8 Å². The van der Waals surface area contributed by atoms with E-state index in [0.29, 0.717) is 17.4 Å². The summed E-state index contributed by atoms with van der Waals surface area (Å²) in [7, 11) is 0. The predicted molar refractivity (Wildman–Crippen MR) is 76.5 cm³/mol. The first-order chi connectivity index (χ1) is 8.10. The molecule has 0 amide bonds. The molecule has 0 aromatic rings. The second kappa shape index (κ2) is 4.49. The average Bonchev–Trinajstić information content (AvgIpc) is 2.92. The molecule has 2 aliphatic rings. The molecule has 0 aromatic heterocycles. The van der Waals surface area contributed by atoms with Crippen molar-refractivity contribution in [1.82, 2.24) is 4.90 Å². The summed E-state index contributed by atoms with van der Waals surface area (Å²) in [6.07, 6.45) is 3.60. The van der Waals surface area contributed by atoms with Gasteiger partial charge in [-0.25, -0.2) is 0 Å². The molecule has 2 fully saturated rings. The molecule has 4 unspecified atom stereocenters. The number of piperidine rings is 1. The van der Waals surface area contributed by atoms with Gasteiger partial charge in [-0.15, -0.1) is 0 Å². The number of aliphatic hydroxyl groups excluding tert-OH is 1. The molecule has 106 valence electrons. The Labute approximate surface area is 113 Å². The van der Waals surface area contributed by atoms with Crippen molar-refractivity contribution in [2.45, 2.75) is 78.5 Å². The van der Waals surface area contributed by atoms with Crippen molar-refractivity contribution in [3.8, 4) is 0 Å². The van der Waals surface area contributed by atoms with Crippen molar-refractivity contribution in [2.75, 3.05) is 6.54 Å². The lowest BCUT2D eigenvalue weighted by Gasteiger charge is -2.52. The number of hydrogen-bond donors (Lipinski definition) is 1. The van der Waals surface area contributed by atoms with Crippen LogP contribution in [0.3, 0.4) is 0 Å². The lowest BCUT2D eigenvalue weighted by atomic mass is 9.74. The highest BCUT2D eigenvalue weighted by atomic mass is 16.3. The highest BCUT2D eigenvalue weighted by Gasteiger charge is 2.48. The first-order valence-corrected chi connectivity index (χ1v) is 7.55. The average molecular weight is 253 g/mol. The zero-order valence-corrected chi connectivity index (χ0v) is 13.0. The first kappa shape index (κ1) is 14.3. The van der Waals surface area contributed by atoms with Gasteiger partial charge >= 0.3 is 0 Å². The van der Waals surface area contributed by atoms with Crippen LogP contribution in [0.25, 0.3) is 0 Å². The summed E-state index contributed by atoms with van der Waals surface area (Å²) in [6.45, 7) is 15.3. The Morgan fingerprint density at radius 1 is 1.00 bits per heavy atom. The second-order valence-corrected chi connectivity index (χ2v) is 8.50. The topological polar surface area (TPSA) is 23.5 Å². The second-order valence-electron chi connectivity index (χ2n) is 8.50. The number of rotatable bonds is 1. The fourth-order valence-corrected chi connectivity index (χ4v) is 3.71. The fourth-order valence-electron chi connectivity index (χ4n) is 3.71.